The van der Waals surface area contributed by atoms with Crippen LogP contribution in [0.5, 0.6) is 0 Å². The molecular weight excluding hydrogens is 344 g/mol. The SMILES string of the molecule is C[C@@H]1[C@H](Cl)[C@]2(Cl)C(Cl)=C(Cl)[C@]1(Cl)C2(Cl)Cl. The average molecular weight is 349 g/mol. The molecule has 0 spiro atoms. The summed E-state index contributed by atoms with van der Waals surface area (Å²) in [6, 6.07) is 0. The number of rotatable bonds is 0. The first-order valence-corrected chi connectivity index (χ1v) is 6.79. The summed E-state index contributed by atoms with van der Waals surface area (Å²) in [4.78, 5) is -2.54. The molecule has 2 aliphatic carbocycles. The summed E-state index contributed by atoms with van der Waals surface area (Å²) in [7, 11) is 0. The van der Waals surface area contributed by atoms with Crippen LogP contribution in [0.2, 0.25) is 0 Å². The van der Waals surface area contributed by atoms with Crippen molar-refractivity contribution in [3.05, 3.63) is 10.1 Å². The van der Waals surface area contributed by atoms with E-state index in [0.29, 0.717) is 0 Å². The summed E-state index contributed by atoms with van der Waals surface area (Å²) in [5.74, 6) is -0.275. The van der Waals surface area contributed by atoms with Gasteiger partial charge in [0.05, 0.1) is 15.4 Å². The van der Waals surface area contributed by atoms with E-state index in [2.05, 4.69) is 0 Å². The van der Waals surface area contributed by atoms with E-state index in [9.17, 15) is 0 Å². The van der Waals surface area contributed by atoms with Gasteiger partial charge in [0.25, 0.3) is 0 Å². The highest BCUT2D eigenvalue weighted by Crippen LogP contribution is 2.75. The van der Waals surface area contributed by atoms with Gasteiger partial charge in [-0.2, -0.15) is 0 Å². The van der Waals surface area contributed by atoms with Crippen molar-refractivity contribution in [3.8, 4) is 0 Å². The predicted molar refractivity (Wildman–Crippen MR) is 69.1 cm³/mol. The second-order valence-corrected chi connectivity index (χ2v) is 7.56. The van der Waals surface area contributed by atoms with E-state index in [1.165, 1.54) is 0 Å². The Hall–Kier alpha value is 1.77. The maximum atomic E-state index is 6.36. The summed E-state index contributed by atoms with van der Waals surface area (Å²) in [6.07, 6.45) is 0. The van der Waals surface area contributed by atoms with Gasteiger partial charge in [-0.25, -0.2) is 0 Å². The first-order chi connectivity index (χ1) is 6.63. The molecule has 0 unspecified atom stereocenters. The Bertz CT molecular complexity index is 330. The van der Waals surface area contributed by atoms with Gasteiger partial charge in [-0.15, -0.1) is 34.8 Å². The maximum absolute atomic E-state index is 6.36. The molecule has 0 aromatic heterocycles. The molecule has 2 aliphatic rings. The minimum Gasteiger partial charge on any atom is -0.120 e. The molecule has 0 N–H and O–H groups in total. The first-order valence-electron chi connectivity index (χ1n) is 4.09. The fourth-order valence-electron chi connectivity index (χ4n) is 2.19. The summed E-state index contributed by atoms with van der Waals surface area (Å²) in [6.45, 7) is 1.79. The molecule has 0 aromatic carbocycles. The van der Waals surface area contributed by atoms with Crippen molar-refractivity contribution in [1.29, 1.82) is 0 Å². The molecule has 0 aliphatic heterocycles. The molecule has 7 heteroatoms. The van der Waals surface area contributed by atoms with E-state index in [0.717, 1.165) is 0 Å². The van der Waals surface area contributed by atoms with Gasteiger partial charge in [0.1, 0.15) is 9.75 Å². The van der Waals surface area contributed by atoms with Crippen LogP contribution < -0.4 is 0 Å². The van der Waals surface area contributed by atoms with Gasteiger partial charge < -0.3 is 0 Å². The molecule has 0 amide bonds. The van der Waals surface area contributed by atoms with Crippen molar-refractivity contribution in [3.63, 3.8) is 0 Å². The van der Waals surface area contributed by atoms with Crippen LogP contribution in [0.25, 0.3) is 0 Å². The lowest BCUT2D eigenvalue weighted by atomic mass is 9.94. The van der Waals surface area contributed by atoms with Crippen LogP contribution in [0.3, 0.4) is 0 Å². The molecule has 1 saturated carbocycles. The largest absolute Gasteiger partial charge is 0.168 e. The number of hydrogen-bond acceptors (Lipinski definition) is 0. The van der Waals surface area contributed by atoms with Crippen molar-refractivity contribution in [2.45, 2.75) is 26.4 Å². The Morgan fingerprint density at radius 2 is 1.33 bits per heavy atom. The van der Waals surface area contributed by atoms with Crippen molar-refractivity contribution >= 4 is 81.2 Å². The molecule has 86 valence electrons. The number of fused-ring (bicyclic) bond motifs is 2. The minimum atomic E-state index is -1.51. The van der Waals surface area contributed by atoms with Crippen molar-refractivity contribution in [2.75, 3.05) is 0 Å². The molecule has 0 radical (unpaired) electrons. The fraction of sp³-hybridized carbons (Fsp3) is 0.750. The molecule has 0 aromatic rings. The Morgan fingerprint density at radius 3 is 1.67 bits per heavy atom. The van der Waals surface area contributed by atoms with Gasteiger partial charge >= 0.3 is 0 Å². The van der Waals surface area contributed by atoms with E-state index >= 15 is 0 Å². The van der Waals surface area contributed by atoms with Gasteiger partial charge in [0.2, 0.25) is 0 Å². The number of halogens is 7. The van der Waals surface area contributed by atoms with E-state index in [1.54, 1.807) is 6.92 Å². The quantitative estimate of drug-likeness (QED) is 0.535. The normalized spacial score (nSPS) is 52.8. The highest BCUT2D eigenvalue weighted by Gasteiger charge is 2.81. The molecule has 4 atom stereocenters. The Kier molecular flexibility index (Phi) is 3.00. The van der Waals surface area contributed by atoms with Crippen LogP contribution in [0.15, 0.2) is 10.1 Å². The lowest BCUT2D eigenvalue weighted by Gasteiger charge is -2.32. The summed E-state index contributed by atoms with van der Waals surface area (Å²) in [5.41, 5.74) is 0. The van der Waals surface area contributed by atoms with Crippen LogP contribution in [-0.4, -0.2) is 19.5 Å². The summed E-state index contributed by atoms with van der Waals surface area (Å²) >= 11 is 43.3. The third-order valence-corrected chi connectivity index (χ3v) is 8.38. The Balaban J connectivity index is 2.76. The second-order valence-electron chi connectivity index (χ2n) is 3.82. The van der Waals surface area contributed by atoms with Crippen LogP contribution in [0, 0.1) is 5.92 Å². The first kappa shape index (κ1) is 13.2. The zero-order chi connectivity index (χ0) is 11.8. The molecule has 0 nitrogen and oxygen atoms in total. The van der Waals surface area contributed by atoms with E-state index in [4.69, 9.17) is 81.2 Å². The van der Waals surface area contributed by atoms with E-state index in [-0.39, 0.29) is 16.0 Å². The summed E-state index contributed by atoms with van der Waals surface area (Å²) < 4.78 is -1.51. The molecule has 1 fully saturated rings. The van der Waals surface area contributed by atoms with E-state index in [1.807, 2.05) is 0 Å². The maximum Gasteiger partial charge on any atom is 0.168 e. The van der Waals surface area contributed by atoms with Gasteiger partial charge in [-0.3, -0.25) is 0 Å². The van der Waals surface area contributed by atoms with Crippen LogP contribution in [0.1, 0.15) is 6.92 Å². The second kappa shape index (κ2) is 3.41. The topological polar surface area (TPSA) is 0 Å². The third kappa shape index (κ3) is 1.12. The molecular formula is C8H5Cl7. The Labute approximate surface area is 123 Å². The van der Waals surface area contributed by atoms with Gasteiger partial charge in [-0.05, 0) is 0 Å². The predicted octanol–water partition coefficient (Wildman–Crippen LogP) is 5.08. The standard InChI is InChI=1S/C8H5Cl7/c1-2-3(9)7(13)5(11)4(10)6(2,12)8(7,14)15/h2-3H,1H3/t2-,3+,6+,7+/m1/s1. The average Bonchev–Trinajstić information content (AvgIpc) is 2.34. The van der Waals surface area contributed by atoms with Crippen LogP contribution >= 0.6 is 81.2 Å². The summed E-state index contributed by atoms with van der Waals surface area (Å²) in [5, 5.41) is -0.235. The smallest absolute Gasteiger partial charge is 0.120 e. The number of allylic oxidation sites excluding steroid dienone is 2. The van der Waals surface area contributed by atoms with Crippen molar-refractivity contribution < 1.29 is 0 Å². The third-order valence-electron chi connectivity index (χ3n) is 3.19. The monoisotopic (exact) mass is 346 g/mol. The minimum absolute atomic E-state index is 0.143. The van der Waals surface area contributed by atoms with Gasteiger partial charge in [-0.1, -0.05) is 53.3 Å². The van der Waals surface area contributed by atoms with Crippen molar-refractivity contribution in [2.24, 2.45) is 5.92 Å². The molecule has 2 rings (SSSR count). The molecule has 0 heterocycles. The molecule has 15 heavy (non-hydrogen) atoms. The van der Waals surface area contributed by atoms with Crippen molar-refractivity contribution in [1.82, 2.24) is 0 Å². The van der Waals surface area contributed by atoms with Crippen LogP contribution in [0.4, 0.5) is 0 Å². The van der Waals surface area contributed by atoms with Crippen LogP contribution in [-0.2, 0) is 0 Å². The molecule has 2 bridgehead atoms. The lowest BCUT2D eigenvalue weighted by molar-refractivity contribution is 0.516. The highest BCUT2D eigenvalue weighted by atomic mass is 35.5. The zero-order valence-electron chi connectivity index (χ0n) is 7.30. The zero-order valence-corrected chi connectivity index (χ0v) is 12.6. The number of alkyl halides is 5. The highest BCUT2D eigenvalue weighted by molar-refractivity contribution is 6.67. The fourth-order valence-corrected chi connectivity index (χ4v) is 5.85. The Morgan fingerprint density at radius 1 is 0.933 bits per heavy atom. The lowest BCUT2D eigenvalue weighted by Crippen LogP contribution is -2.44. The van der Waals surface area contributed by atoms with Gasteiger partial charge in [0.15, 0.2) is 4.33 Å². The molecule has 0 saturated heterocycles. The van der Waals surface area contributed by atoms with Gasteiger partial charge in [0, 0.05) is 5.92 Å². The van der Waals surface area contributed by atoms with E-state index < -0.39 is 19.5 Å². The number of hydrogen-bond donors (Lipinski definition) is 0.